The van der Waals surface area contributed by atoms with Gasteiger partial charge in [-0.2, -0.15) is 0 Å². The van der Waals surface area contributed by atoms with Crippen LogP contribution in [0.4, 0.5) is 0 Å². The van der Waals surface area contributed by atoms with Crippen molar-refractivity contribution in [2.75, 3.05) is 6.61 Å². The third-order valence-corrected chi connectivity index (χ3v) is 3.55. The van der Waals surface area contributed by atoms with Crippen LogP contribution in [-0.4, -0.2) is 24.6 Å². The van der Waals surface area contributed by atoms with Gasteiger partial charge in [-0.15, -0.1) is 0 Å². The minimum absolute atomic E-state index is 0.124. The summed E-state index contributed by atoms with van der Waals surface area (Å²) in [6.45, 7) is 2.02. The van der Waals surface area contributed by atoms with Gasteiger partial charge in [-0.05, 0) is 18.1 Å². The Morgan fingerprint density at radius 1 is 0.917 bits per heavy atom. The van der Waals surface area contributed by atoms with E-state index >= 15 is 0 Å². The Hall–Kier alpha value is -2.66. The normalized spacial score (nSPS) is 12.9. The molecule has 0 heterocycles. The minimum Gasteiger partial charge on any atom is -0.465 e. The van der Waals surface area contributed by atoms with E-state index in [0.29, 0.717) is 5.56 Å². The number of nitrogens with two attached hydrogens (primary N) is 1. The van der Waals surface area contributed by atoms with E-state index in [-0.39, 0.29) is 13.2 Å². The van der Waals surface area contributed by atoms with Gasteiger partial charge in [0.2, 0.25) is 0 Å². The molecule has 0 spiro atoms. The monoisotopic (exact) mass is 327 g/mol. The summed E-state index contributed by atoms with van der Waals surface area (Å²) < 4.78 is 10.3. The van der Waals surface area contributed by atoms with Crippen LogP contribution in [0.15, 0.2) is 60.7 Å². The van der Waals surface area contributed by atoms with Gasteiger partial charge in [0.15, 0.2) is 0 Å². The third kappa shape index (κ3) is 4.67. The smallest absolute Gasteiger partial charge is 0.324 e. The van der Waals surface area contributed by atoms with Gasteiger partial charge in [-0.1, -0.05) is 60.7 Å². The molecule has 2 unspecified atom stereocenters. The Morgan fingerprint density at radius 3 is 2.08 bits per heavy atom. The molecule has 0 saturated heterocycles. The summed E-state index contributed by atoms with van der Waals surface area (Å²) in [5, 5.41) is 0. The van der Waals surface area contributed by atoms with Crippen molar-refractivity contribution in [2.45, 2.75) is 25.5 Å². The third-order valence-electron chi connectivity index (χ3n) is 3.55. The van der Waals surface area contributed by atoms with Gasteiger partial charge in [-0.3, -0.25) is 9.59 Å². The van der Waals surface area contributed by atoms with Gasteiger partial charge in [0.25, 0.3) is 0 Å². The van der Waals surface area contributed by atoms with Crippen LogP contribution in [0.1, 0.15) is 24.0 Å². The number of carbonyl (C=O) groups is 2. The summed E-state index contributed by atoms with van der Waals surface area (Å²) in [6.07, 6.45) is 0. The zero-order valence-electron chi connectivity index (χ0n) is 13.6. The van der Waals surface area contributed by atoms with Crippen LogP contribution in [0.3, 0.4) is 0 Å². The lowest BCUT2D eigenvalue weighted by atomic mass is 9.92. The number of hydrogen-bond donors (Lipinski definition) is 1. The van der Waals surface area contributed by atoms with Crippen molar-refractivity contribution in [3.8, 4) is 0 Å². The fourth-order valence-electron chi connectivity index (χ4n) is 2.34. The molecule has 24 heavy (non-hydrogen) atoms. The van der Waals surface area contributed by atoms with Crippen LogP contribution in [-0.2, 0) is 25.7 Å². The first kappa shape index (κ1) is 17.7. The predicted octanol–water partition coefficient (Wildman–Crippen LogP) is 2.40. The lowest BCUT2D eigenvalue weighted by Crippen LogP contribution is -2.42. The molecule has 5 nitrogen and oxygen atoms in total. The average Bonchev–Trinajstić information content (AvgIpc) is 2.62. The molecule has 0 aliphatic rings. The summed E-state index contributed by atoms with van der Waals surface area (Å²) in [7, 11) is 0. The number of rotatable bonds is 7. The molecule has 0 aliphatic carbocycles. The molecule has 126 valence electrons. The molecule has 0 saturated carbocycles. The Labute approximate surface area is 141 Å². The van der Waals surface area contributed by atoms with E-state index in [1.165, 1.54) is 0 Å². The fourth-order valence-corrected chi connectivity index (χ4v) is 2.34. The summed E-state index contributed by atoms with van der Waals surface area (Å²) in [5.41, 5.74) is 7.46. The van der Waals surface area contributed by atoms with Crippen molar-refractivity contribution in [3.05, 3.63) is 71.8 Å². The Bertz CT molecular complexity index is 658. The first-order chi connectivity index (χ1) is 11.6. The maximum Gasteiger partial charge on any atom is 0.324 e. The van der Waals surface area contributed by atoms with Crippen LogP contribution < -0.4 is 5.73 Å². The number of benzene rings is 2. The second kappa shape index (κ2) is 8.84. The molecule has 2 N–H and O–H groups in total. The zero-order chi connectivity index (χ0) is 17.4. The lowest BCUT2D eigenvalue weighted by molar-refractivity contribution is -0.154. The lowest BCUT2D eigenvalue weighted by Gasteiger charge is -2.21. The molecule has 5 heteroatoms. The van der Waals surface area contributed by atoms with Crippen molar-refractivity contribution >= 4 is 11.9 Å². The highest BCUT2D eigenvalue weighted by Gasteiger charge is 2.34. The SMILES string of the molecule is CCOC(=O)C(N)C(C(=O)OCc1ccccc1)c1ccccc1. The maximum atomic E-state index is 12.6. The Morgan fingerprint density at radius 2 is 1.50 bits per heavy atom. The number of hydrogen-bond acceptors (Lipinski definition) is 5. The first-order valence-corrected chi connectivity index (χ1v) is 7.81. The Balaban J connectivity index is 2.15. The van der Waals surface area contributed by atoms with Gasteiger partial charge < -0.3 is 15.2 Å². The van der Waals surface area contributed by atoms with Crippen LogP contribution >= 0.6 is 0 Å². The molecule has 0 aromatic heterocycles. The highest BCUT2D eigenvalue weighted by molar-refractivity contribution is 5.88. The van der Waals surface area contributed by atoms with Gasteiger partial charge in [-0.25, -0.2) is 0 Å². The van der Waals surface area contributed by atoms with Crippen LogP contribution in [0.25, 0.3) is 0 Å². The summed E-state index contributed by atoms with van der Waals surface area (Å²) in [6, 6.07) is 17.1. The Kier molecular flexibility index (Phi) is 6.51. The standard InChI is InChI=1S/C19H21NO4/c1-2-23-19(22)17(20)16(15-11-7-4-8-12-15)18(21)24-13-14-9-5-3-6-10-14/h3-12,16-17H,2,13,20H2,1H3. The molecule has 0 aliphatic heterocycles. The van der Waals surface area contributed by atoms with E-state index in [9.17, 15) is 9.59 Å². The maximum absolute atomic E-state index is 12.6. The molecule has 2 atom stereocenters. The molecule has 0 bridgehead atoms. The van der Waals surface area contributed by atoms with E-state index in [0.717, 1.165) is 5.56 Å². The largest absolute Gasteiger partial charge is 0.465 e. The van der Waals surface area contributed by atoms with E-state index < -0.39 is 23.9 Å². The van der Waals surface area contributed by atoms with Crippen molar-refractivity contribution in [3.63, 3.8) is 0 Å². The molecule has 0 radical (unpaired) electrons. The number of carbonyl (C=O) groups excluding carboxylic acids is 2. The summed E-state index contributed by atoms with van der Waals surface area (Å²) >= 11 is 0. The van der Waals surface area contributed by atoms with Crippen LogP contribution in [0.5, 0.6) is 0 Å². The number of esters is 2. The van der Waals surface area contributed by atoms with Gasteiger partial charge >= 0.3 is 11.9 Å². The minimum atomic E-state index is -1.12. The van der Waals surface area contributed by atoms with Gasteiger partial charge in [0.05, 0.1) is 6.61 Å². The van der Waals surface area contributed by atoms with Crippen molar-refractivity contribution in [1.29, 1.82) is 0 Å². The summed E-state index contributed by atoms with van der Waals surface area (Å²) in [5.74, 6) is -2.08. The molecular formula is C19H21NO4. The molecule has 0 amide bonds. The van der Waals surface area contributed by atoms with E-state index in [4.69, 9.17) is 15.2 Å². The molecule has 2 aromatic carbocycles. The van der Waals surface area contributed by atoms with Gasteiger partial charge in [0, 0.05) is 0 Å². The van der Waals surface area contributed by atoms with Gasteiger partial charge in [0.1, 0.15) is 18.6 Å². The quantitative estimate of drug-likeness (QED) is 0.790. The molecule has 2 rings (SSSR count). The van der Waals surface area contributed by atoms with E-state index in [2.05, 4.69) is 0 Å². The van der Waals surface area contributed by atoms with Crippen molar-refractivity contribution in [1.82, 2.24) is 0 Å². The summed E-state index contributed by atoms with van der Waals surface area (Å²) in [4.78, 5) is 24.5. The second-order valence-electron chi connectivity index (χ2n) is 5.26. The first-order valence-electron chi connectivity index (χ1n) is 7.81. The predicted molar refractivity (Wildman–Crippen MR) is 90.0 cm³/mol. The fraction of sp³-hybridized carbons (Fsp3) is 0.263. The van der Waals surface area contributed by atoms with E-state index in [1.807, 2.05) is 36.4 Å². The average molecular weight is 327 g/mol. The second-order valence-corrected chi connectivity index (χ2v) is 5.26. The molecular weight excluding hydrogens is 306 g/mol. The van der Waals surface area contributed by atoms with Crippen LogP contribution in [0, 0.1) is 0 Å². The van der Waals surface area contributed by atoms with E-state index in [1.54, 1.807) is 31.2 Å². The van der Waals surface area contributed by atoms with Crippen molar-refractivity contribution < 1.29 is 19.1 Å². The topological polar surface area (TPSA) is 78.6 Å². The van der Waals surface area contributed by atoms with Crippen molar-refractivity contribution in [2.24, 2.45) is 5.73 Å². The zero-order valence-corrected chi connectivity index (χ0v) is 13.6. The molecule has 0 fully saturated rings. The van der Waals surface area contributed by atoms with Crippen LogP contribution in [0.2, 0.25) is 0 Å². The highest BCUT2D eigenvalue weighted by Crippen LogP contribution is 2.22. The highest BCUT2D eigenvalue weighted by atomic mass is 16.5. The number of ether oxygens (including phenoxy) is 2. The molecule has 2 aromatic rings.